The van der Waals surface area contributed by atoms with E-state index in [2.05, 4.69) is 52.0 Å². The number of benzene rings is 3. The van der Waals surface area contributed by atoms with Gasteiger partial charge in [0.25, 0.3) is 17.7 Å². The zero-order valence-corrected chi connectivity index (χ0v) is 32.2. The van der Waals surface area contributed by atoms with Gasteiger partial charge < -0.3 is 25.6 Å². The second kappa shape index (κ2) is 15.9. The van der Waals surface area contributed by atoms with Crippen LogP contribution in [0.4, 0.5) is 41.7 Å². The number of hydrogen-bond acceptors (Lipinski definition) is 11. The van der Waals surface area contributed by atoms with Crippen molar-refractivity contribution < 1.29 is 41.9 Å². The molecule has 57 heavy (non-hydrogen) atoms. The highest BCUT2D eigenvalue weighted by Gasteiger charge is 2.45. The number of pyridine rings is 1. The smallest absolute Gasteiger partial charge is 0.419 e. The first-order valence-corrected chi connectivity index (χ1v) is 18.7. The molecule has 2 fully saturated rings. The molecule has 4 heterocycles. The Kier molecular flexibility index (Phi) is 10.9. The molecule has 7 rings (SSSR count). The van der Waals surface area contributed by atoms with E-state index in [0.29, 0.717) is 48.6 Å². The number of piperazine rings is 1. The standard InChI is InChI=1S/C39H36BrF3N8O6/c1-44-35(53)23-5-3-4-6-27(23)46-29-18-32(45-19-25(29)39(41,42)43)47-28-8-7-22(17-31(28)57-2)50-13-11-49(12-14-50)20-21-15-24-34(26(40)16-21)38(56)51(37(24)55)30-9-10-33(52)48-36(30)54/h3-8,15-19,30H,9-14,20H2,1-2H3,(H,44,53)(H2,45,46,47)(H,48,52,54). The number of piperidine rings is 1. The molecule has 1 aromatic heterocycles. The molecule has 4 aromatic rings. The predicted molar refractivity (Wildman–Crippen MR) is 207 cm³/mol. The van der Waals surface area contributed by atoms with Gasteiger partial charge in [0.15, 0.2) is 0 Å². The third-order valence-corrected chi connectivity index (χ3v) is 10.6. The molecular weight excluding hydrogens is 813 g/mol. The number of carbonyl (C=O) groups is 5. The zero-order valence-electron chi connectivity index (χ0n) is 30.6. The number of rotatable bonds is 10. The molecule has 0 aliphatic carbocycles. The number of ether oxygens (including phenoxy) is 1. The van der Waals surface area contributed by atoms with Crippen LogP contribution in [0.1, 0.15) is 55.0 Å². The molecule has 0 bridgehead atoms. The van der Waals surface area contributed by atoms with Crippen LogP contribution in [-0.4, -0.2) is 90.7 Å². The SMILES string of the molecule is CNC(=O)c1ccccc1Nc1cc(Nc2ccc(N3CCN(Cc4cc(Br)c5c(c4)C(=O)N(C4CCC(=O)NC4=O)C5=O)CC3)cc2OC)ncc1C(F)(F)F. The summed E-state index contributed by atoms with van der Waals surface area (Å²) in [7, 11) is 2.92. The maximum absolute atomic E-state index is 14.0. The van der Waals surface area contributed by atoms with E-state index in [1.54, 1.807) is 30.3 Å². The Balaban J connectivity index is 1.02. The molecule has 3 aliphatic heterocycles. The van der Waals surface area contributed by atoms with E-state index in [1.165, 1.54) is 32.4 Å². The molecular formula is C39H36BrF3N8O6. The Morgan fingerprint density at radius 2 is 1.70 bits per heavy atom. The summed E-state index contributed by atoms with van der Waals surface area (Å²) < 4.78 is 48.2. The summed E-state index contributed by atoms with van der Waals surface area (Å²) in [6.07, 6.45) is -3.89. The lowest BCUT2D eigenvalue weighted by Gasteiger charge is -2.36. The average Bonchev–Trinajstić information content (AvgIpc) is 3.43. The van der Waals surface area contributed by atoms with Gasteiger partial charge in [0.1, 0.15) is 17.6 Å². The summed E-state index contributed by atoms with van der Waals surface area (Å²) in [5.74, 6) is -2.17. The molecule has 18 heteroatoms. The number of para-hydroxylation sites is 1. The van der Waals surface area contributed by atoms with Crippen LogP contribution < -0.4 is 30.9 Å². The number of anilines is 5. The summed E-state index contributed by atoms with van der Waals surface area (Å²) in [4.78, 5) is 72.5. The third kappa shape index (κ3) is 8.00. The van der Waals surface area contributed by atoms with Gasteiger partial charge >= 0.3 is 6.18 Å². The number of alkyl halides is 3. The van der Waals surface area contributed by atoms with Gasteiger partial charge in [-0.15, -0.1) is 0 Å². The largest absolute Gasteiger partial charge is 0.494 e. The number of halogens is 4. The topological polar surface area (TPSA) is 165 Å². The van der Waals surface area contributed by atoms with Crippen molar-refractivity contribution in [3.8, 4) is 5.75 Å². The maximum Gasteiger partial charge on any atom is 0.419 e. The molecule has 0 radical (unpaired) electrons. The molecule has 2 saturated heterocycles. The molecule has 1 unspecified atom stereocenters. The van der Waals surface area contributed by atoms with Gasteiger partial charge in [-0.3, -0.25) is 39.1 Å². The fourth-order valence-corrected chi connectivity index (χ4v) is 7.83. The van der Waals surface area contributed by atoms with E-state index in [4.69, 9.17) is 4.74 Å². The molecule has 1 atom stereocenters. The number of carbonyl (C=O) groups excluding carboxylic acids is 5. The Morgan fingerprint density at radius 1 is 0.947 bits per heavy atom. The van der Waals surface area contributed by atoms with E-state index in [-0.39, 0.29) is 46.7 Å². The van der Waals surface area contributed by atoms with E-state index in [9.17, 15) is 37.1 Å². The number of imide groups is 2. The van der Waals surface area contributed by atoms with Crippen LogP contribution in [0.3, 0.4) is 0 Å². The summed E-state index contributed by atoms with van der Waals surface area (Å²) in [5.41, 5.74) is 1.59. The van der Waals surface area contributed by atoms with Crippen LogP contribution in [0.15, 0.2) is 71.3 Å². The minimum absolute atomic E-state index is 0.0361. The maximum atomic E-state index is 14.0. The van der Waals surface area contributed by atoms with Gasteiger partial charge in [-0.25, -0.2) is 4.98 Å². The fraction of sp³-hybridized carbons (Fsp3) is 0.282. The summed E-state index contributed by atoms with van der Waals surface area (Å²) in [6, 6.07) is 15.3. The van der Waals surface area contributed by atoms with E-state index >= 15 is 0 Å². The number of nitrogens with one attached hydrogen (secondary N) is 4. The predicted octanol–water partition coefficient (Wildman–Crippen LogP) is 5.44. The Labute approximate surface area is 332 Å². The second-order valence-electron chi connectivity index (χ2n) is 13.6. The normalized spacial score (nSPS) is 17.3. The van der Waals surface area contributed by atoms with Crippen molar-refractivity contribution in [2.45, 2.75) is 31.6 Å². The van der Waals surface area contributed by atoms with Crippen molar-refractivity contribution in [3.05, 3.63) is 99.2 Å². The number of nitrogens with zero attached hydrogens (tertiary/aromatic N) is 4. The van der Waals surface area contributed by atoms with Crippen LogP contribution in [0.5, 0.6) is 5.75 Å². The van der Waals surface area contributed by atoms with Crippen molar-refractivity contribution in [2.24, 2.45) is 0 Å². The second-order valence-corrected chi connectivity index (χ2v) is 14.4. The number of aromatic nitrogens is 1. The van der Waals surface area contributed by atoms with Crippen LogP contribution in [0.2, 0.25) is 0 Å². The molecule has 0 saturated carbocycles. The highest BCUT2D eigenvalue weighted by atomic mass is 79.9. The lowest BCUT2D eigenvalue weighted by Crippen LogP contribution is -2.54. The van der Waals surface area contributed by atoms with Crippen LogP contribution in [-0.2, 0) is 22.3 Å². The van der Waals surface area contributed by atoms with Crippen molar-refractivity contribution in [1.82, 2.24) is 25.4 Å². The lowest BCUT2D eigenvalue weighted by atomic mass is 10.0. The molecule has 14 nitrogen and oxygen atoms in total. The summed E-state index contributed by atoms with van der Waals surface area (Å²) in [6.45, 7) is 3.13. The van der Waals surface area contributed by atoms with Crippen molar-refractivity contribution in [1.29, 1.82) is 0 Å². The zero-order chi connectivity index (χ0) is 40.6. The summed E-state index contributed by atoms with van der Waals surface area (Å²) >= 11 is 3.46. The number of amides is 5. The molecule has 5 amide bonds. The average molecular weight is 850 g/mol. The first kappa shape index (κ1) is 39.2. The molecule has 0 spiro atoms. The van der Waals surface area contributed by atoms with Crippen LogP contribution >= 0.6 is 15.9 Å². The van der Waals surface area contributed by atoms with Crippen molar-refractivity contribution in [2.75, 3.05) is 55.9 Å². The fourth-order valence-electron chi connectivity index (χ4n) is 7.16. The number of methoxy groups -OCH3 is 1. The first-order valence-electron chi connectivity index (χ1n) is 17.9. The number of fused-ring (bicyclic) bond motifs is 1. The quantitative estimate of drug-likeness (QED) is 0.150. The molecule has 3 aromatic carbocycles. The summed E-state index contributed by atoms with van der Waals surface area (Å²) in [5, 5.41) is 10.5. The Bertz CT molecular complexity index is 2300. The highest BCUT2D eigenvalue weighted by Crippen LogP contribution is 2.39. The minimum atomic E-state index is -4.72. The lowest BCUT2D eigenvalue weighted by molar-refractivity contribution is -0.137. The van der Waals surface area contributed by atoms with Gasteiger partial charge in [0, 0.05) is 74.7 Å². The molecule has 4 N–H and O–H groups in total. The minimum Gasteiger partial charge on any atom is -0.494 e. The van der Waals surface area contributed by atoms with E-state index < -0.39 is 47.3 Å². The highest BCUT2D eigenvalue weighted by molar-refractivity contribution is 9.10. The van der Waals surface area contributed by atoms with Gasteiger partial charge in [-0.05, 0) is 64.3 Å². The Hall–Kier alpha value is -6.01. The third-order valence-electron chi connectivity index (χ3n) is 10.0. The first-order chi connectivity index (χ1) is 27.2. The molecule has 296 valence electrons. The molecule has 3 aliphatic rings. The van der Waals surface area contributed by atoms with E-state index in [0.717, 1.165) is 22.3 Å². The van der Waals surface area contributed by atoms with Gasteiger partial charge in [-0.2, -0.15) is 13.2 Å². The Morgan fingerprint density at radius 3 is 2.40 bits per heavy atom. The van der Waals surface area contributed by atoms with Crippen LogP contribution in [0.25, 0.3) is 0 Å². The van der Waals surface area contributed by atoms with Gasteiger partial charge in [-0.1, -0.05) is 12.1 Å². The van der Waals surface area contributed by atoms with Gasteiger partial charge in [0.2, 0.25) is 11.8 Å². The monoisotopic (exact) mass is 848 g/mol. The van der Waals surface area contributed by atoms with E-state index in [1.807, 2.05) is 12.1 Å². The number of hydrogen-bond donors (Lipinski definition) is 4. The van der Waals surface area contributed by atoms with Gasteiger partial charge in [0.05, 0.1) is 46.4 Å². The van der Waals surface area contributed by atoms with Crippen molar-refractivity contribution >= 4 is 74.0 Å². The van der Waals surface area contributed by atoms with Crippen molar-refractivity contribution in [3.63, 3.8) is 0 Å². The van der Waals surface area contributed by atoms with Crippen LogP contribution in [0, 0.1) is 0 Å².